The van der Waals surface area contributed by atoms with E-state index in [0.29, 0.717) is 48.0 Å². The minimum absolute atomic E-state index is 0.291. The van der Waals surface area contributed by atoms with E-state index < -0.39 is 5.97 Å². The quantitative estimate of drug-likeness (QED) is 0.623. The van der Waals surface area contributed by atoms with Gasteiger partial charge in [0.15, 0.2) is 0 Å². The van der Waals surface area contributed by atoms with Crippen molar-refractivity contribution in [2.24, 2.45) is 0 Å². The van der Waals surface area contributed by atoms with E-state index in [1.54, 1.807) is 6.92 Å². The molecule has 2 heterocycles. The number of pyridine rings is 1. The fourth-order valence-electron chi connectivity index (χ4n) is 2.36. The summed E-state index contributed by atoms with van der Waals surface area (Å²) in [7, 11) is 0. The number of rotatable bonds is 4. The lowest BCUT2D eigenvalue weighted by molar-refractivity contribution is 0.0226. The van der Waals surface area contributed by atoms with Crippen molar-refractivity contribution in [3.8, 4) is 6.07 Å². The topological polar surface area (TPSA) is 67.5 Å². The molecule has 0 amide bonds. The summed E-state index contributed by atoms with van der Waals surface area (Å²) in [5, 5.41) is 9.26. The van der Waals surface area contributed by atoms with Gasteiger partial charge in [0.05, 0.1) is 37.6 Å². The number of carbonyl (C=O) groups excluding carboxylic acids is 1. The standard InChI is InChI=1S/C15H19N3O3S/c1-3-21-15(19)13-8-12(9-16)14(22)18(11(13)2)10-17-4-6-20-7-5-17/h8H,3-7,10H2,1-2H3. The highest BCUT2D eigenvalue weighted by Gasteiger charge is 2.18. The Labute approximate surface area is 134 Å². The summed E-state index contributed by atoms with van der Waals surface area (Å²) in [6.45, 7) is 7.35. The van der Waals surface area contributed by atoms with Crippen LogP contribution >= 0.6 is 12.2 Å². The fourth-order valence-corrected chi connectivity index (χ4v) is 2.66. The fraction of sp³-hybridized carbons (Fsp3) is 0.533. The van der Waals surface area contributed by atoms with Crippen LogP contribution in [-0.4, -0.2) is 48.3 Å². The number of hydrogen-bond acceptors (Lipinski definition) is 6. The molecule has 1 saturated heterocycles. The lowest BCUT2D eigenvalue weighted by Crippen LogP contribution is -2.38. The number of esters is 1. The molecular formula is C15H19N3O3S. The molecule has 0 radical (unpaired) electrons. The Hall–Kier alpha value is -1.75. The van der Waals surface area contributed by atoms with Gasteiger partial charge in [0.25, 0.3) is 0 Å². The Morgan fingerprint density at radius 1 is 1.50 bits per heavy atom. The molecule has 1 aromatic heterocycles. The number of nitriles is 1. The van der Waals surface area contributed by atoms with Gasteiger partial charge in [0, 0.05) is 18.8 Å². The molecule has 22 heavy (non-hydrogen) atoms. The van der Waals surface area contributed by atoms with E-state index >= 15 is 0 Å². The van der Waals surface area contributed by atoms with Crippen LogP contribution in [0.1, 0.15) is 28.5 Å². The van der Waals surface area contributed by atoms with Crippen molar-refractivity contribution in [3.05, 3.63) is 27.5 Å². The zero-order valence-corrected chi connectivity index (χ0v) is 13.6. The average molecular weight is 321 g/mol. The summed E-state index contributed by atoms with van der Waals surface area (Å²) in [6.07, 6.45) is 0. The predicted octanol–water partition coefficient (Wildman–Crippen LogP) is 1.86. The maximum atomic E-state index is 12.1. The minimum Gasteiger partial charge on any atom is -0.462 e. The van der Waals surface area contributed by atoms with Gasteiger partial charge in [-0.3, -0.25) is 4.90 Å². The Kier molecular flexibility index (Phi) is 5.66. The van der Waals surface area contributed by atoms with Gasteiger partial charge in [-0.2, -0.15) is 5.26 Å². The second kappa shape index (κ2) is 7.49. The number of ether oxygens (including phenoxy) is 2. The molecular weight excluding hydrogens is 302 g/mol. The molecule has 1 fully saturated rings. The minimum atomic E-state index is -0.428. The van der Waals surface area contributed by atoms with Crippen LogP contribution in [0, 0.1) is 22.9 Å². The molecule has 1 aliphatic heterocycles. The van der Waals surface area contributed by atoms with E-state index in [0.717, 1.165) is 13.1 Å². The first-order valence-electron chi connectivity index (χ1n) is 7.20. The molecule has 1 aliphatic rings. The second-order valence-corrected chi connectivity index (χ2v) is 5.38. The number of nitrogens with zero attached hydrogens (tertiary/aromatic N) is 3. The van der Waals surface area contributed by atoms with E-state index in [4.69, 9.17) is 21.7 Å². The molecule has 0 aromatic carbocycles. The lowest BCUT2D eigenvalue weighted by atomic mass is 10.1. The van der Waals surface area contributed by atoms with Crippen molar-refractivity contribution in [2.75, 3.05) is 32.9 Å². The normalized spacial score (nSPS) is 15.3. The first-order chi connectivity index (χ1) is 10.6. The molecule has 0 N–H and O–H groups in total. The Bertz CT molecular complexity index is 657. The van der Waals surface area contributed by atoms with Crippen LogP contribution in [0.3, 0.4) is 0 Å². The molecule has 1 aromatic rings. The van der Waals surface area contributed by atoms with Gasteiger partial charge < -0.3 is 14.0 Å². The maximum Gasteiger partial charge on any atom is 0.339 e. The van der Waals surface area contributed by atoms with Gasteiger partial charge in [-0.25, -0.2) is 4.79 Å². The molecule has 0 atom stereocenters. The van der Waals surface area contributed by atoms with E-state index in [1.807, 2.05) is 11.5 Å². The largest absolute Gasteiger partial charge is 0.462 e. The summed E-state index contributed by atoms with van der Waals surface area (Å²) >= 11 is 5.39. The summed E-state index contributed by atoms with van der Waals surface area (Å²) in [4.78, 5) is 14.3. The summed E-state index contributed by atoms with van der Waals surface area (Å²) in [6, 6.07) is 3.58. The van der Waals surface area contributed by atoms with Crippen LogP contribution in [-0.2, 0) is 16.1 Å². The Morgan fingerprint density at radius 2 is 2.18 bits per heavy atom. The van der Waals surface area contributed by atoms with Gasteiger partial charge in [-0.1, -0.05) is 12.2 Å². The van der Waals surface area contributed by atoms with Crippen molar-refractivity contribution in [1.29, 1.82) is 5.26 Å². The first kappa shape index (κ1) is 16.6. The third kappa shape index (κ3) is 3.53. The second-order valence-electron chi connectivity index (χ2n) is 4.99. The van der Waals surface area contributed by atoms with Crippen LogP contribution in [0.2, 0.25) is 0 Å². The smallest absolute Gasteiger partial charge is 0.339 e. The molecule has 0 saturated carbocycles. The average Bonchev–Trinajstić information content (AvgIpc) is 2.53. The molecule has 0 bridgehead atoms. The van der Waals surface area contributed by atoms with Crippen molar-refractivity contribution in [3.63, 3.8) is 0 Å². The summed E-state index contributed by atoms with van der Waals surface area (Å²) in [5.74, 6) is -0.428. The van der Waals surface area contributed by atoms with Crippen LogP contribution in [0.4, 0.5) is 0 Å². The summed E-state index contributed by atoms with van der Waals surface area (Å²) < 4.78 is 12.7. The third-order valence-electron chi connectivity index (χ3n) is 3.62. The molecule has 2 rings (SSSR count). The molecule has 0 aliphatic carbocycles. The highest BCUT2D eigenvalue weighted by Crippen LogP contribution is 2.16. The van der Waals surface area contributed by atoms with Gasteiger partial charge in [-0.15, -0.1) is 0 Å². The van der Waals surface area contributed by atoms with Crippen LogP contribution < -0.4 is 0 Å². The van der Waals surface area contributed by atoms with Crippen molar-refractivity contribution in [2.45, 2.75) is 20.5 Å². The van der Waals surface area contributed by atoms with Crippen LogP contribution in [0.25, 0.3) is 0 Å². The van der Waals surface area contributed by atoms with Crippen molar-refractivity contribution >= 4 is 18.2 Å². The third-order valence-corrected chi connectivity index (χ3v) is 4.06. The van der Waals surface area contributed by atoms with Crippen LogP contribution in [0.15, 0.2) is 6.07 Å². The molecule has 6 nitrogen and oxygen atoms in total. The van der Waals surface area contributed by atoms with Crippen molar-refractivity contribution in [1.82, 2.24) is 9.47 Å². The van der Waals surface area contributed by atoms with Gasteiger partial charge in [0.1, 0.15) is 10.7 Å². The van der Waals surface area contributed by atoms with Gasteiger partial charge in [0.2, 0.25) is 0 Å². The Morgan fingerprint density at radius 3 is 2.77 bits per heavy atom. The van der Waals surface area contributed by atoms with E-state index in [9.17, 15) is 10.1 Å². The number of aromatic nitrogens is 1. The molecule has 7 heteroatoms. The molecule has 0 spiro atoms. The number of morpholine rings is 1. The van der Waals surface area contributed by atoms with Crippen LogP contribution in [0.5, 0.6) is 0 Å². The zero-order chi connectivity index (χ0) is 16.1. The number of carbonyl (C=O) groups is 1. The number of hydrogen-bond donors (Lipinski definition) is 0. The predicted molar refractivity (Wildman–Crippen MR) is 83.1 cm³/mol. The van der Waals surface area contributed by atoms with E-state index in [1.165, 1.54) is 6.07 Å². The highest BCUT2D eigenvalue weighted by atomic mass is 32.1. The highest BCUT2D eigenvalue weighted by molar-refractivity contribution is 7.71. The van der Waals surface area contributed by atoms with Gasteiger partial charge >= 0.3 is 5.97 Å². The molecule has 0 unspecified atom stereocenters. The maximum absolute atomic E-state index is 12.1. The van der Waals surface area contributed by atoms with E-state index in [-0.39, 0.29) is 0 Å². The SMILES string of the molecule is CCOC(=O)c1cc(C#N)c(=S)n(CN2CCOCC2)c1C. The zero-order valence-electron chi connectivity index (χ0n) is 12.8. The summed E-state index contributed by atoms with van der Waals surface area (Å²) in [5.41, 5.74) is 1.42. The Balaban J connectivity index is 2.42. The monoisotopic (exact) mass is 321 g/mol. The lowest BCUT2D eigenvalue weighted by Gasteiger charge is -2.28. The first-order valence-corrected chi connectivity index (χ1v) is 7.61. The van der Waals surface area contributed by atoms with E-state index in [2.05, 4.69) is 11.0 Å². The van der Waals surface area contributed by atoms with Crippen molar-refractivity contribution < 1.29 is 14.3 Å². The van der Waals surface area contributed by atoms with Gasteiger partial charge in [-0.05, 0) is 19.9 Å². The molecule has 118 valence electrons.